The molecular formula is C9H10IO2Zn. The molecule has 0 saturated carbocycles. The summed E-state index contributed by atoms with van der Waals surface area (Å²) in [6.45, 7) is 2.24. The summed E-state index contributed by atoms with van der Waals surface area (Å²) in [5.41, 5.74) is 0.633. The molecule has 1 rings (SSSR count). The summed E-state index contributed by atoms with van der Waals surface area (Å²) >= 11 is 1.11. The van der Waals surface area contributed by atoms with Crippen molar-refractivity contribution >= 4 is 34.1 Å². The Morgan fingerprint density at radius 2 is 1.92 bits per heavy atom. The zero-order valence-corrected chi connectivity index (χ0v) is 12.7. The molecule has 1 aromatic rings. The predicted molar refractivity (Wildman–Crippen MR) is 57.4 cm³/mol. The molecule has 0 heterocycles. The Kier molecular flexibility index (Phi) is 6.51. The summed E-state index contributed by atoms with van der Waals surface area (Å²) in [5, 5.41) is 0. The molecule has 0 aliphatic carbocycles. The van der Waals surface area contributed by atoms with Gasteiger partial charge in [0.25, 0.3) is 0 Å². The molecule has 0 N–H and O–H groups in total. The molecule has 67 valence electrons. The smallest absolute Gasteiger partial charge is 0.107 e. The van der Waals surface area contributed by atoms with E-state index in [0.717, 1.165) is 18.3 Å². The van der Waals surface area contributed by atoms with Crippen LogP contribution in [0.3, 0.4) is 0 Å². The van der Waals surface area contributed by atoms with Crippen LogP contribution in [-0.2, 0) is 23.0 Å². The molecule has 0 unspecified atom stereocenters. The molecule has 0 aromatic heterocycles. The van der Waals surface area contributed by atoms with E-state index in [2.05, 4.69) is 0 Å². The Bertz CT molecular complexity index is 271. The van der Waals surface area contributed by atoms with Crippen LogP contribution in [0.4, 0.5) is 0 Å². The Balaban J connectivity index is 0.00000144. The van der Waals surface area contributed by atoms with Crippen molar-refractivity contribution in [2.45, 2.75) is 6.92 Å². The van der Waals surface area contributed by atoms with Crippen LogP contribution in [0, 0.1) is 0 Å². The quantitative estimate of drug-likeness (QED) is 0.464. The first-order valence-electron chi connectivity index (χ1n) is 3.83. The molecular weight excluding hydrogens is 332 g/mol. The normalized spacial score (nSPS) is 8.85. The van der Waals surface area contributed by atoms with Crippen LogP contribution in [0.15, 0.2) is 24.3 Å². The van der Waals surface area contributed by atoms with Gasteiger partial charge < -0.3 is 0 Å². The van der Waals surface area contributed by atoms with Crippen molar-refractivity contribution in [2.24, 2.45) is 0 Å². The first kappa shape index (κ1) is 13.0. The molecule has 0 radical (unpaired) electrons. The minimum atomic E-state index is -0.238. The largest absolute Gasteiger partial charge is 0.107 e. The van der Waals surface area contributed by atoms with Gasteiger partial charge in [-0.1, -0.05) is 0 Å². The van der Waals surface area contributed by atoms with E-state index in [-0.39, 0.29) is 29.9 Å². The fraction of sp³-hybridized carbons (Fsp3) is 0.222. The Hall–Kier alpha value is 0.0434. The first-order chi connectivity index (χ1) is 5.74. The van der Waals surface area contributed by atoms with Crippen molar-refractivity contribution in [3.63, 3.8) is 0 Å². The molecule has 0 atom stereocenters. The van der Waals surface area contributed by atoms with Crippen LogP contribution >= 0.6 is 24.0 Å². The second-order valence-corrected chi connectivity index (χ2v) is 4.13. The van der Waals surface area contributed by atoms with E-state index in [4.69, 9.17) is 4.74 Å². The van der Waals surface area contributed by atoms with E-state index in [1.54, 1.807) is 19.1 Å². The van der Waals surface area contributed by atoms with Gasteiger partial charge in [0.15, 0.2) is 0 Å². The number of halogens is 1. The first-order valence-corrected chi connectivity index (χ1v) is 5.31. The van der Waals surface area contributed by atoms with Gasteiger partial charge in [0.1, 0.15) is 0 Å². The fourth-order valence-corrected chi connectivity index (χ4v) is 1.35. The summed E-state index contributed by atoms with van der Waals surface area (Å²) in [6.07, 6.45) is 0. The molecule has 2 nitrogen and oxygen atoms in total. The van der Waals surface area contributed by atoms with Crippen LogP contribution < -0.4 is 4.16 Å². The third-order valence-corrected chi connectivity index (χ3v) is 2.45. The zero-order chi connectivity index (χ0) is 8.97. The standard InChI is InChI=1S/C9H9O2.HI.Zn/c1-2-11-9(10)8-6-4-3-5-7-8;;/h4-7H,2H2,1H3;1H;. The van der Waals surface area contributed by atoms with E-state index in [9.17, 15) is 4.79 Å². The third kappa shape index (κ3) is 4.18. The summed E-state index contributed by atoms with van der Waals surface area (Å²) < 4.78 is 6.11. The van der Waals surface area contributed by atoms with Crippen LogP contribution in [0.25, 0.3) is 0 Å². The van der Waals surface area contributed by atoms with Crippen LogP contribution in [0.1, 0.15) is 17.3 Å². The number of benzene rings is 1. The van der Waals surface area contributed by atoms with E-state index in [0.29, 0.717) is 12.2 Å². The number of hydrogen-bond acceptors (Lipinski definition) is 2. The van der Waals surface area contributed by atoms with Crippen molar-refractivity contribution in [2.75, 3.05) is 6.61 Å². The van der Waals surface area contributed by atoms with Crippen LogP contribution in [0.2, 0.25) is 0 Å². The summed E-state index contributed by atoms with van der Waals surface area (Å²) in [6, 6.07) is 7.51. The van der Waals surface area contributed by atoms with Gasteiger partial charge in [-0.2, -0.15) is 0 Å². The van der Waals surface area contributed by atoms with Gasteiger partial charge in [0.05, 0.1) is 0 Å². The molecule has 13 heavy (non-hydrogen) atoms. The van der Waals surface area contributed by atoms with Gasteiger partial charge >= 0.3 is 81.3 Å². The molecule has 0 saturated heterocycles. The van der Waals surface area contributed by atoms with Gasteiger partial charge in [0.2, 0.25) is 0 Å². The average molecular weight is 342 g/mol. The average Bonchev–Trinajstić information content (AvgIpc) is 2.06. The Labute approximate surface area is 105 Å². The molecule has 0 aliphatic rings. The minimum Gasteiger partial charge on any atom is -0.107 e. The van der Waals surface area contributed by atoms with E-state index in [1.807, 2.05) is 12.1 Å². The van der Waals surface area contributed by atoms with Gasteiger partial charge in [-0.15, -0.1) is 24.0 Å². The third-order valence-electron chi connectivity index (χ3n) is 1.47. The summed E-state index contributed by atoms with van der Waals surface area (Å²) in [7, 11) is 0. The summed E-state index contributed by atoms with van der Waals surface area (Å²) in [4.78, 5) is 11.1. The van der Waals surface area contributed by atoms with Crippen molar-refractivity contribution in [3.05, 3.63) is 29.8 Å². The number of hydrogen-bond donors (Lipinski definition) is 0. The minimum absolute atomic E-state index is 0. The summed E-state index contributed by atoms with van der Waals surface area (Å²) in [5.74, 6) is -0.238. The monoisotopic (exact) mass is 341 g/mol. The maximum atomic E-state index is 11.1. The second kappa shape index (κ2) is 6.49. The van der Waals surface area contributed by atoms with Crippen molar-refractivity contribution in [1.82, 2.24) is 0 Å². The number of carbonyl (C=O) groups excluding carboxylic acids is 1. The van der Waals surface area contributed by atoms with Crippen LogP contribution in [-0.4, -0.2) is 12.6 Å². The predicted octanol–water partition coefficient (Wildman–Crippen LogP) is 1.65. The van der Waals surface area contributed by atoms with E-state index in [1.165, 1.54) is 4.16 Å². The van der Waals surface area contributed by atoms with E-state index < -0.39 is 0 Å². The van der Waals surface area contributed by atoms with Crippen LogP contribution in [0.5, 0.6) is 0 Å². The molecule has 0 spiro atoms. The van der Waals surface area contributed by atoms with E-state index >= 15 is 0 Å². The topological polar surface area (TPSA) is 26.3 Å². The molecule has 0 aliphatic heterocycles. The van der Waals surface area contributed by atoms with Gasteiger partial charge in [-0.25, -0.2) is 0 Å². The van der Waals surface area contributed by atoms with Gasteiger partial charge in [-0.05, 0) is 0 Å². The SMILES string of the molecule is CCOC(=O)c1cc[c]([Zn])cc1.I. The second-order valence-electron chi connectivity index (χ2n) is 2.42. The Morgan fingerprint density at radius 3 is 2.38 bits per heavy atom. The van der Waals surface area contributed by atoms with Gasteiger partial charge in [0, 0.05) is 0 Å². The number of carbonyl (C=O) groups is 1. The van der Waals surface area contributed by atoms with Crippen molar-refractivity contribution in [1.29, 1.82) is 0 Å². The molecule has 4 heteroatoms. The number of esters is 1. The fourth-order valence-electron chi connectivity index (χ4n) is 0.855. The molecule has 0 fully saturated rings. The van der Waals surface area contributed by atoms with Crippen molar-refractivity contribution in [3.8, 4) is 0 Å². The Morgan fingerprint density at radius 1 is 1.38 bits per heavy atom. The zero-order valence-electron chi connectivity index (χ0n) is 7.45. The maximum Gasteiger partial charge on any atom is -0.107 e. The number of rotatable bonds is 2. The van der Waals surface area contributed by atoms with Gasteiger partial charge in [-0.3, -0.25) is 0 Å². The maximum absolute atomic E-state index is 11.1. The molecule has 0 bridgehead atoms. The molecule has 1 aromatic carbocycles. The number of ether oxygens (including phenoxy) is 1. The van der Waals surface area contributed by atoms with Crippen molar-refractivity contribution < 1.29 is 27.8 Å². The molecule has 0 amide bonds.